The SMILES string of the molecule is COC(=O)[C@@H](C)N1C(=O)S/C(=C/c2cc(C)n(-c3ccc(C)cn3)c2C)C1=O. The number of nitrogens with zero attached hydrogens (tertiary/aromatic N) is 3. The number of pyridine rings is 1. The van der Waals surface area contributed by atoms with Crippen molar-refractivity contribution in [1.29, 1.82) is 0 Å². The lowest BCUT2D eigenvalue weighted by atomic mass is 10.2. The van der Waals surface area contributed by atoms with Gasteiger partial charge in [-0.25, -0.2) is 9.78 Å². The van der Waals surface area contributed by atoms with E-state index in [1.54, 1.807) is 12.3 Å². The van der Waals surface area contributed by atoms with Crippen LogP contribution in [-0.4, -0.2) is 44.7 Å². The van der Waals surface area contributed by atoms with Crippen LogP contribution in [0.1, 0.15) is 29.4 Å². The summed E-state index contributed by atoms with van der Waals surface area (Å²) in [6.07, 6.45) is 3.48. The van der Waals surface area contributed by atoms with Gasteiger partial charge >= 0.3 is 5.97 Å². The first kappa shape index (κ1) is 19.9. The Morgan fingerprint density at radius 1 is 1.25 bits per heavy atom. The molecule has 28 heavy (non-hydrogen) atoms. The molecule has 0 radical (unpaired) electrons. The second-order valence-corrected chi connectivity index (χ2v) is 7.60. The normalized spacial score (nSPS) is 16.8. The Bertz CT molecular complexity index is 992. The number of amides is 2. The number of aryl methyl sites for hydroxylation is 2. The summed E-state index contributed by atoms with van der Waals surface area (Å²) < 4.78 is 6.64. The van der Waals surface area contributed by atoms with Crippen molar-refractivity contribution in [1.82, 2.24) is 14.5 Å². The molecule has 0 aliphatic carbocycles. The van der Waals surface area contributed by atoms with Crippen molar-refractivity contribution in [2.75, 3.05) is 7.11 Å². The van der Waals surface area contributed by atoms with Gasteiger partial charge in [-0.05, 0) is 68.8 Å². The second kappa shape index (κ2) is 7.63. The van der Waals surface area contributed by atoms with E-state index in [1.807, 2.05) is 43.5 Å². The number of thioether (sulfide) groups is 1. The number of imide groups is 1. The molecule has 0 saturated carbocycles. The van der Waals surface area contributed by atoms with Gasteiger partial charge < -0.3 is 9.30 Å². The molecule has 0 N–H and O–H groups in total. The average Bonchev–Trinajstić information content (AvgIpc) is 3.10. The molecule has 1 saturated heterocycles. The van der Waals surface area contributed by atoms with Crippen molar-refractivity contribution in [3.05, 3.63) is 51.8 Å². The van der Waals surface area contributed by atoms with Crippen molar-refractivity contribution < 1.29 is 19.1 Å². The summed E-state index contributed by atoms with van der Waals surface area (Å²) >= 11 is 0.820. The molecule has 3 rings (SSSR count). The van der Waals surface area contributed by atoms with Crippen molar-refractivity contribution in [3.63, 3.8) is 0 Å². The van der Waals surface area contributed by atoms with Crippen LogP contribution in [0.15, 0.2) is 29.3 Å². The van der Waals surface area contributed by atoms with Gasteiger partial charge in [0.15, 0.2) is 0 Å². The van der Waals surface area contributed by atoms with Crippen LogP contribution >= 0.6 is 11.8 Å². The highest BCUT2D eigenvalue weighted by Gasteiger charge is 2.41. The van der Waals surface area contributed by atoms with Gasteiger partial charge in [-0.3, -0.25) is 14.5 Å². The lowest BCUT2D eigenvalue weighted by Gasteiger charge is -2.18. The van der Waals surface area contributed by atoms with Gasteiger partial charge in [-0.15, -0.1) is 0 Å². The third-order valence-corrected chi connectivity index (χ3v) is 5.52. The van der Waals surface area contributed by atoms with Crippen molar-refractivity contribution >= 4 is 35.0 Å². The molecule has 3 heterocycles. The van der Waals surface area contributed by atoms with Gasteiger partial charge in [-0.1, -0.05) is 6.07 Å². The minimum Gasteiger partial charge on any atom is -0.467 e. The Kier molecular flexibility index (Phi) is 5.42. The Morgan fingerprint density at radius 2 is 1.96 bits per heavy atom. The van der Waals surface area contributed by atoms with Crippen LogP contribution in [0.2, 0.25) is 0 Å². The van der Waals surface area contributed by atoms with Gasteiger partial charge in [0.1, 0.15) is 11.9 Å². The molecule has 8 heteroatoms. The molecule has 7 nitrogen and oxygen atoms in total. The van der Waals surface area contributed by atoms with E-state index in [-0.39, 0.29) is 4.91 Å². The number of carbonyl (C=O) groups excluding carboxylic acids is 3. The first-order valence-corrected chi connectivity index (χ1v) is 9.53. The molecular weight excluding hydrogens is 378 g/mol. The first-order chi connectivity index (χ1) is 13.2. The minimum absolute atomic E-state index is 0.276. The summed E-state index contributed by atoms with van der Waals surface area (Å²) in [5, 5.41) is -0.483. The van der Waals surface area contributed by atoms with E-state index in [4.69, 9.17) is 0 Å². The minimum atomic E-state index is -0.965. The number of carbonyl (C=O) groups is 3. The summed E-state index contributed by atoms with van der Waals surface area (Å²) in [7, 11) is 1.22. The summed E-state index contributed by atoms with van der Waals surface area (Å²) in [5.41, 5.74) is 3.75. The highest BCUT2D eigenvalue weighted by Crippen LogP contribution is 2.35. The highest BCUT2D eigenvalue weighted by molar-refractivity contribution is 8.18. The van der Waals surface area contributed by atoms with Crippen LogP contribution in [0, 0.1) is 20.8 Å². The third kappa shape index (κ3) is 3.47. The van der Waals surface area contributed by atoms with Crippen molar-refractivity contribution in [3.8, 4) is 5.82 Å². The Balaban J connectivity index is 1.95. The van der Waals surface area contributed by atoms with Crippen molar-refractivity contribution in [2.45, 2.75) is 33.7 Å². The average molecular weight is 399 g/mol. The molecular formula is C20H21N3O4S. The van der Waals surface area contributed by atoms with E-state index in [0.717, 1.165) is 45.0 Å². The zero-order valence-corrected chi connectivity index (χ0v) is 17.2. The van der Waals surface area contributed by atoms with Crippen LogP contribution in [-0.2, 0) is 14.3 Å². The fourth-order valence-electron chi connectivity index (χ4n) is 3.11. The quantitative estimate of drug-likeness (QED) is 0.579. The predicted octanol–water partition coefficient (Wildman–Crippen LogP) is 3.40. The second-order valence-electron chi connectivity index (χ2n) is 6.61. The van der Waals surface area contributed by atoms with Crippen molar-refractivity contribution in [2.24, 2.45) is 0 Å². The zero-order valence-electron chi connectivity index (χ0n) is 16.3. The summed E-state index contributed by atoms with van der Waals surface area (Å²) in [4.78, 5) is 42.3. The van der Waals surface area contributed by atoms with Crippen LogP contribution in [0.3, 0.4) is 0 Å². The Hall–Kier alpha value is -2.87. The van der Waals surface area contributed by atoms with Gasteiger partial charge in [0.05, 0.1) is 12.0 Å². The van der Waals surface area contributed by atoms with Crippen LogP contribution in [0.4, 0.5) is 4.79 Å². The van der Waals surface area contributed by atoms with E-state index < -0.39 is 23.2 Å². The standard InChI is InChI=1S/C20H21N3O4S/c1-11-6-7-17(21-10-11)22-12(2)8-15(13(22)3)9-16-18(24)23(20(26)28-16)14(4)19(25)27-5/h6-10,14H,1-5H3/b16-9+/t14-/m1/s1. The molecule has 0 bridgehead atoms. The molecule has 1 aliphatic rings. The number of aromatic nitrogens is 2. The van der Waals surface area contributed by atoms with Gasteiger partial charge in [0, 0.05) is 17.6 Å². The maximum atomic E-state index is 12.7. The monoisotopic (exact) mass is 399 g/mol. The van der Waals surface area contributed by atoms with Gasteiger partial charge in [0.25, 0.3) is 11.1 Å². The zero-order chi connectivity index (χ0) is 20.6. The molecule has 2 amide bonds. The number of esters is 1. The molecule has 1 aliphatic heterocycles. The first-order valence-electron chi connectivity index (χ1n) is 8.71. The Morgan fingerprint density at radius 3 is 2.57 bits per heavy atom. The summed E-state index contributed by atoms with van der Waals surface area (Å²) in [6.45, 7) is 7.34. The number of hydrogen-bond acceptors (Lipinski definition) is 6. The largest absolute Gasteiger partial charge is 0.467 e. The van der Waals surface area contributed by atoms with E-state index in [0.29, 0.717) is 0 Å². The topological polar surface area (TPSA) is 81.5 Å². The van der Waals surface area contributed by atoms with Gasteiger partial charge in [-0.2, -0.15) is 0 Å². The van der Waals surface area contributed by atoms with E-state index in [1.165, 1.54) is 14.0 Å². The fourth-order valence-corrected chi connectivity index (χ4v) is 4.01. The molecule has 2 aromatic heterocycles. The molecule has 0 aromatic carbocycles. The number of rotatable bonds is 4. The number of methoxy groups -OCH3 is 1. The lowest BCUT2D eigenvalue weighted by molar-refractivity contribution is -0.148. The van der Waals surface area contributed by atoms with E-state index in [2.05, 4.69) is 9.72 Å². The summed E-state index contributed by atoms with van der Waals surface area (Å²) in [6, 6.07) is 4.90. The highest BCUT2D eigenvalue weighted by atomic mass is 32.2. The number of hydrogen-bond donors (Lipinski definition) is 0. The molecule has 1 atom stereocenters. The number of ether oxygens (including phenoxy) is 1. The maximum Gasteiger partial charge on any atom is 0.328 e. The van der Waals surface area contributed by atoms with E-state index >= 15 is 0 Å². The smallest absolute Gasteiger partial charge is 0.328 e. The molecule has 0 unspecified atom stereocenters. The fraction of sp³-hybridized carbons (Fsp3) is 0.300. The molecule has 1 fully saturated rings. The van der Waals surface area contributed by atoms with Crippen LogP contribution in [0.25, 0.3) is 11.9 Å². The lowest BCUT2D eigenvalue weighted by Crippen LogP contribution is -2.42. The van der Waals surface area contributed by atoms with E-state index in [9.17, 15) is 14.4 Å². The van der Waals surface area contributed by atoms with Crippen LogP contribution in [0.5, 0.6) is 0 Å². The summed E-state index contributed by atoms with van der Waals surface area (Å²) in [5.74, 6) is -0.342. The maximum absolute atomic E-state index is 12.7. The molecule has 146 valence electrons. The molecule has 0 spiro atoms. The molecule has 2 aromatic rings. The van der Waals surface area contributed by atoms with Gasteiger partial charge in [0.2, 0.25) is 0 Å². The Labute approximate surface area is 167 Å². The van der Waals surface area contributed by atoms with Crippen LogP contribution < -0.4 is 0 Å². The third-order valence-electron chi connectivity index (χ3n) is 4.63. The predicted molar refractivity (Wildman–Crippen MR) is 107 cm³/mol.